The summed E-state index contributed by atoms with van der Waals surface area (Å²) in [5, 5.41) is 5.88. The van der Waals surface area contributed by atoms with Gasteiger partial charge in [-0.3, -0.25) is 4.79 Å². The molecule has 7 nitrogen and oxygen atoms in total. The van der Waals surface area contributed by atoms with Crippen LogP contribution in [0.15, 0.2) is 29.2 Å². The molecule has 0 unspecified atom stereocenters. The molecule has 1 amide bonds. The minimum Gasteiger partial charge on any atom is -0.383 e. The van der Waals surface area contributed by atoms with Crippen molar-refractivity contribution in [1.82, 2.24) is 15.4 Å². The summed E-state index contributed by atoms with van der Waals surface area (Å²) in [6, 6.07) is 5.87. The second-order valence-corrected chi connectivity index (χ2v) is 8.06. The van der Waals surface area contributed by atoms with Crippen LogP contribution in [-0.2, 0) is 14.8 Å². The number of sulfonamides is 1. The molecule has 0 aromatic heterocycles. The van der Waals surface area contributed by atoms with E-state index in [4.69, 9.17) is 4.74 Å². The highest BCUT2D eigenvalue weighted by Gasteiger charge is 2.22. The number of hydrogen-bond acceptors (Lipinski definition) is 5. The fourth-order valence-corrected chi connectivity index (χ4v) is 3.33. The van der Waals surface area contributed by atoms with Crippen molar-refractivity contribution in [3.05, 3.63) is 29.8 Å². The fraction of sp³-hybridized carbons (Fsp3) is 0.562. The van der Waals surface area contributed by atoms with Gasteiger partial charge in [-0.15, -0.1) is 0 Å². The van der Waals surface area contributed by atoms with Gasteiger partial charge in [-0.1, -0.05) is 0 Å². The van der Waals surface area contributed by atoms with Crippen molar-refractivity contribution >= 4 is 15.9 Å². The Morgan fingerprint density at radius 3 is 2.25 bits per heavy atom. The SMILES string of the molecule is COCCNCCNC(=O)c1ccc(S(=O)(=O)NC(C)(C)C)cc1. The summed E-state index contributed by atoms with van der Waals surface area (Å²) in [5.41, 5.74) is -0.147. The van der Waals surface area contributed by atoms with Crippen LogP contribution in [0.25, 0.3) is 0 Å². The number of rotatable bonds is 9. The highest BCUT2D eigenvalue weighted by Crippen LogP contribution is 2.13. The van der Waals surface area contributed by atoms with Crippen LogP contribution in [-0.4, -0.2) is 53.2 Å². The molecular weight excluding hydrogens is 330 g/mol. The van der Waals surface area contributed by atoms with Crippen molar-refractivity contribution in [3.8, 4) is 0 Å². The van der Waals surface area contributed by atoms with E-state index in [-0.39, 0.29) is 10.8 Å². The van der Waals surface area contributed by atoms with E-state index < -0.39 is 15.6 Å². The van der Waals surface area contributed by atoms with Gasteiger partial charge in [0.05, 0.1) is 11.5 Å². The van der Waals surface area contributed by atoms with Gasteiger partial charge in [-0.2, -0.15) is 0 Å². The molecule has 3 N–H and O–H groups in total. The first-order chi connectivity index (χ1) is 11.2. The van der Waals surface area contributed by atoms with Crippen molar-refractivity contribution in [3.63, 3.8) is 0 Å². The zero-order valence-electron chi connectivity index (χ0n) is 14.7. The highest BCUT2D eigenvalue weighted by molar-refractivity contribution is 7.89. The van der Waals surface area contributed by atoms with Crippen LogP contribution in [0.3, 0.4) is 0 Å². The third kappa shape index (κ3) is 7.39. The van der Waals surface area contributed by atoms with Gasteiger partial charge in [-0.25, -0.2) is 13.1 Å². The van der Waals surface area contributed by atoms with Crippen molar-refractivity contribution in [1.29, 1.82) is 0 Å². The molecule has 0 saturated carbocycles. The maximum absolute atomic E-state index is 12.2. The highest BCUT2D eigenvalue weighted by atomic mass is 32.2. The molecule has 0 heterocycles. The third-order valence-corrected chi connectivity index (χ3v) is 4.71. The largest absolute Gasteiger partial charge is 0.383 e. The van der Waals surface area contributed by atoms with E-state index in [0.29, 0.717) is 25.3 Å². The number of carbonyl (C=O) groups excluding carboxylic acids is 1. The van der Waals surface area contributed by atoms with E-state index in [1.807, 2.05) is 0 Å². The number of methoxy groups -OCH3 is 1. The first-order valence-electron chi connectivity index (χ1n) is 7.77. The first kappa shape index (κ1) is 20.6. The molecule has 1 aromatic carbocycles. The number of hydrogen-bond donors (Lipinski definition) is 3. The van der Waals surface area contributed by atoms with Gasteiger partial charge in [0.25, 0.3) is 5.91 Å². The van der Waals surface area contributed by atoms with Crippen molar-refractivity contribution in [2.75, 3.05) is 33.4 Å². The molecule has 24 heavy (non-hydrogen) atoms. The minimum atomic E-state index is -3.59. The van der Waals surface area contributed by atoms with Crippen molar-refractivity contribution in [2.24, 2.45) is 0 Å². The zero-order chi connectivity index (χ0) is 18.2. The van der Waals surface area contributed by atoms with E-state index >= 15 is 0 Å². The number of benzene rings is 1. The predicted octanol–water partition coefficient (Wildman–Crippen LogP) is 0.729. The van der Waals surface area contributed by atoms with Gasteiger partial charge in [0.15, 0.2) is 0 Å². The standard InChI is InChI=1S/C16H27N3O4S/c1-16(2,3)19-24(21,22)14-7-5-13(6-8-14)15(20)18-10-9-17-11-12-23-4/h5-8,17,19H,9-12H2,1-4H3,(H,18,20). The lowest BCUT2D eigenvalue weighted by Crippen LogP contribution is -2.40. The van der Waals surface area contributed by atoms with Gasteiger partial charge < -0.3 is 15.4 Å². The lowest BCUT2D eigenvalue weighted by Gasteiger charge is -2.20. The molecule has 0 saturated heterocycles. The smallest absolute Gasteiger partial charge is 0.251 e. The van der Waals surface area contributed by atoms with E-state index in [2.05, 4.69) is 15.4 Å². The van der Waals surface area contributed by atoms with E-state index in [0.717, 1.165) is 6.54 Å². The van der Waals surface area contributed by atoms with E-state index in [1.165, 1.54) is 24.3 Å². The maximum atomic E-state index is 12.2. The molecule has 1 rings (SSSR count). The van der Waals surface area contributed by atoms with Gasteiger partial charge >= 0.3 is 0 Å². The molecule has 0 spiro atoms. The second kappa shape index (κ2) is 9.12. The maximum Gasteiger partial charge on any atom is 0.251 e. The Bertz CT molecular complexity index is 622. The molecular formula is C16H27N3O4S. The Morgan fingerprint density at radius 2 is 1.71 bits per heavy atom. The lowest BCUT2D eigenvalue weighted by molar-refractivity contribution is 0.0953. The quantitative estimate of drug-likeness (QED) is 0.566. The van der Waals surface area contributed by atoms with Crippen LogP contribution in [0.1, 0.15) is 31.1 Å². The van der Waals surface area contributed by atoms with Crippen molar-refractivity contribution < 1.29 is 17.9 Å². The minimum absolute atomic E-state index is 0.134. The Hall–Kier alpha value is -1.48. The number of nitrogens with one attached hydrogen (secondary N) is 3. The van der Waals surface area contributed by atoms with Crippen LogP contribution in [0.2, 0.25) is 0 Å². The second-order valence-electron chi connectivity index (χ2n) is 6.38. The van der Waals surface area contributed by atoms with Crippen molar-refractivity contribution in [2.45, 2.75) is 31.2 Å². The molecule has 0 bridgehead atoms. The third-order valence-electron chi connectivity index (χ3n) is 2.94. The van der Waals surface area contributed by atoms with Crippen LogP contribution in [0.5, 0.6) is 0 Å². The van der Waals surface area contributed by atoms with Crippen LogP contribution in [0, 0.1) is 0 Å². The Kier molecular flexibility index (Phi) is 7.82. The van der Waals surface area contributed by atoms with Gasteiger partial charge in [0.2, 0.25) is 10.0 Å². The zero-order valence-corrected chi connectivity index (χ0v) is 15.5. The van der Waals surface area contributed by atoms with Crippen LogP contribution < -0.4 is 15.4 Å². The molecule has 136 valence electrons. The van der Waals surface area contributed by atoms with Crippen LogP contribution >= 0.6 is 0 Å². The van der Waals surface area contributed by atoms with Gasteiger partial charge in [0.1, 0.15) is 0 Å². The topological polar surface area (TPSA) is 96.5 Å². The molecule has 1 aromatic rings. The normalized spacial score (nSPS) is 12.2. The molecule has 0 atom stereocenters. The number of ether oxygens (including phenoxy) is 1. The summed E-state index contributed by atoms with van der Waals surface area (Å²) in [4.78, 5) is 12.1. The fourth-order valence-electron chi connectivity index (χ4n) is 1.91. The Labute approximate surface area is 144 Å². The summed E-state index contributed by atoms with van der Waals surface area (Å²) in [6.07, 6.45) is 0. The van der Waals surface area contributed by atoms with Gasteiger partial charge in [0, 0.05) is 37.8 Å². The Balaban J connectivity index is 2.56. The molecule has 8 heteroatoms. The average molecular weight is 357 g/mol. The lowest BCUT2D eigenvalue weighted by atomic mass is 10.1. The summed E-state index contributed by atoms with van der Waals surface area (Å²) >= 11 is 0. The molecule has 0 fully saturated rings. The predicted molar refractivity (Wildman–Crippen MR) is 93.6 cm³/mol. The first-order valence-corrected chi connectivity index (χ1v) is 9.26. The van der Waals surface area contributed by atoms with E-state index in [9.17, 15) is 13.2 Å². The monoisotopic (exact) mass is 357 g/mol. The van der Waals surface area contributed by atoms with Gasteiger partial charge in [-0.05, 0) is 45.0 Å². The summed E-state index contributed by atoms with van der Waals surface area (Å²) < 4.78 is 31.9. The molecule has 0 aliphatic heterocycles. The van der Waals surface area contributed by atoms with Crippen LogP contribution in [0.4, 0.5) is 0 Å². The average Bonchev–Trinajstić information content (AvgIpc) is 2.48. The van der Waals surface area contributed by atoms with E-state index in [1.54, 1.807) is 27.9 Å². The molecule has 0 aliphatic carbocycles. The molecule has 0 radical (unpaired) electrons. The number of carbonyl (C=O) groups is 1. The molecule has 0 aliphatic rings. The number of amides is 1. The summed E-state index contributed by atoms with van der Waals surface area (Å²) in [6.45, 7) is 7.77. The Morgan fingerprint density at radius 1 is 1.08 bits per heavy atom. The summed E-state index contributed by atoms with van der Waals surface area (Å²) in [7, 11) is -1.96. The summed E-state index contributed by atoms with van der Waals surface area (Å²) in [5.74, 6) is -0.240.